The van der Waals surface area contributed by atoms with Crippen LogP contribution in [0.4, 0.5) is 13.2 Å². The number of carbonyl (C=O) groups is 1. The van der Waals surface area contributed by atoms with Gasteiger partial charge in [0.15, 0.2) is 11.6 Å². The van der Waals surface area contributed by atoms with E-state index in [-0.39, 0.29) is 0 Å². The van der Waals surface area contributed by atoms with Gasteiger partial charge in [-0.3, -0.25) is 4.79 Å². The van der Waals surface area contributed by atoms with Crippen molar-refractivity contribution in [1.29, 1.82) is 0 Å². The molecule has 15 heavy (non-hydrogen) atoms. The van der Waals surface area contributed by atoms with Gasteiger partial charge in [-0.2, -0.15) is 0 Å². The Bertz CT molecular complexity index is 392. The molecule has 0 aliphatic rings. The Morgan fingerprint density at radius 1 is 1.27 bits per heavy atom. The molecule has 0 aliphatic heterocycles. The fourth-order valence-corrected chi connectivity index (χ4v) is 1.12. The normalized spacial score (nSPS) is 12.5. The highest BCUT2D eigenvalue weighted by Crippen LogP contribution is 2.24. The molecule has 0 radical (unpaired) electrons. The Labute approximate surface area is 82.8 Å². The lowest BCUT2D eigenvalue weighted by Crippen LogP contribution is -2.10. The lowest BCUT2D eigenvalue weighted by molar-refractivity contribution is -0.139. The quantitative estimate of drug-likeness (QED) is 0.761. The van der Waals surface area contributed by atoms with Gasteiger partial charge in [-0.1, -0.05) is 0 Å². The molecule has 6 heteroatoms. The summed E-state index contributed by atoms with van der Waals surface area (Å²) >= 11 is 0. The summed E-state index contributed by atoms with van der Waals surface area (Å²) in [5.41, 5.74) is -0.961. The summed E-state index contributed by atoms with van der Waals surface area (Å²) in [6.45, 7) is 0. The van der Waals surface area contributed by atoms with E-state index in [0.29, 0.717) is 12.1 Å². The smallest absolute Gasteiger partial charge is 0.306 e. The maximum atomic E-state index is 13.0. The summed E-state index contributed by atoms with van der Waals surface area (Å²) in [5.74, 6) is -5.52. The third-order valence-electron chi connectivity index (χ3n) is 1.78. The van der Waals surface area contributed by atoms with Crippen molar-refractivity contribution < 1.29 is 28.2 Å². The monoisotopic (exact) mass is 220 g/mol. The first kappa shape index (κ1) is 11.5. The molecule has 1 aromatic carbocycles. The zero-order chi connectivity index (χ0) is 11.6. The second-order valence-corrected chi connectivity index (χ2v) is 2.87. The van der Waals surface area contributed by atoms with Crippen LogP contribution >= 0.6 is 0 Å². The first-order chi connectivity index (χ1) is 6.93. The van der Waals surface area contributed by atoms with Gasteiger partial charge in [-0.05, 0) is 12.1 Å². The van der Waals surface area contributed by atoms with E-state index in [1.807, 2.05) is 0 Å². The fraction of sp³-hybridized carbons (Fsp3) is 0.222. The number of hydrogen-bond acceptors (Lipinski definition) is 2. The highest BCUT2D eigenvalue weighted by molar-refractivity contribution is 5.67. The van der Waals surface area contributed by atoms with Crippen LogP contribution in [0.1, 0.15) is 18.1 Å². The van der Waals surface area contributed by atoms with Gasteiger partial charge < -0.3 is 10.2 Å². The third-order valence-corrected chi connectivity index (χ3v) is 1.78. The average Bonchev–Trinajstić information content (AvgIpc) is 2.11. The van der Waals surface area contributed by atoms with Crippen molar-refractivity contribution >= 4 is 5.97 Å². The lowest BCUT2D eigenvalue weighted by atomic mass is 10.1. The minimum atomic E-state index is -1.90. The van der Waals surface area contributed by atoms with Crippen molar-refractivity contribution in [3.63, 3.8) is 0 Å². The zero-order valence-electron chi connectivity index (χ0n) is 7.38. The number of carboxylic acids is 1. The SMILES string of the molecule is O=C(O)C[C@H](O)c1c(F)ccc(F)c1F. The number of aliphatic hydroxyl groups is 1. The summed E-state index contributed by atoms with van der Waals surface area (Å²) < 4.78 is 38.6. The van der Waals surface area contributed by atoms with Crippen molar-refractivity contribution in [1.82, 2.24) is 0 Å². The van der Waals surface area contributed by atoms with Crippen molar-refractivity contribution in [3.8, 4) is 0 Å². The van der Waals surface area contributed by atoms with Crippen LogP contribution in [-0.2, 0) is 4.79 Å². The van der Waals surface area contributed by atoms with Gasteiger partial charge in [-0.25, -0.2) is 13.2 Å². The molecule has 3 nitrogen and oxygen atoms in total. The van der Waals surface area contributed by atoms with Gasteiger partial charge in [0.05, 0.1) is 18.1 Å². The van der Waals surface area contributed by atoms with Gasteiger partial charge in [0, 0.05) is 0 Å². The maximum absolute atomic E-state index is 13.0. The largest absolute Gasteiger partial charge is 0.481 e. The molecule has 0 aliphatic carbocycles. The Balaban J connectivity index is 3.12. The zero-order valence-corrected chi connectivity index (χ0v) is 7.38. The van der Waals surface area contributed by atoms with Crippen LogP contribution in [-0.4, -0.2) is 16.2 Å². The van der Waals surface area contributed by atoms with Crippen molar-refractivity contribution in [3.05, 3.63) is 35.1 Å². The van der Waals surface area contributed by atoms with E-state index >= 15 is 0 Å². The molecular weight excluding hydrogens is 213 g/mol. The molecule has 0 fully saturated rings. The average molecular weight is 220 g/mol. The summed E-state index contributed by atoms with van der Waals surface area (Å²) in [7, 11) is 0. The number of aliphatic hydroxyl groups excluding tert-OH is 1. The molecular formula is C9H7F3O3. The van der Waals surface area contributed by atoms with E-state index in [4.69, 9.17) is 10.2 Å². The highest BCUT2D eigenvalue weighted by atomic mass is 19.2. The second kappa shape index (κ2) is 4.31. The topological polar surface area (TPSA) is 57.5 Å². The van der Waals surface area contributed by atoms with Crippen LogP contribution < -0.4 is 0 Å². The van der Waals surface area contributed by atoms with Gasteiger partial charge in [0.25, 0.3) is 0 Å². The Kier molecular flexibility index (Phi) is 3.31. The van der Waals surface area contributed by atoms with E-state index in [9.17, 15) is 18.0 Å². The molecule has 0 heterocycles. The van der Waals surface area contributed by atoms with E-state index in [2.05, 4.69) is 0 Å². The predicted molar refractivity (Wildman–Crippen MR) is 43.5 cm³/mol. The third kappa shape index (κ3) is 2.47. The molecule has 1 aromatic rings. The summed E-state index contributed by atoms with van der Waals surface area (Å²) in [6.07, 6.45) is -2.80. The van der Waals surface area contributed by atoms with Crippen LogP contribution in [0.3, 0.4) is 0 Å². The van der Waals surface area contributed by atoms with Crippen LogP contribution in [0.2, 0.25) is 0 Å². The van der Waals surface area contributed by atoms with Crippen molar-refractivity contribution in [2.45, 2.75) is 12.5 Å². The molecule has 0 spiro atoms. The van der Waals surface area contributed by atoms with E-state index in [0.717, 1.165) is 0 Å². The number of rotatable bonds is 3. The molecule has 82 valence electrons. The number of halogens is 3. The summed E-state index contributed by atoms with van der Waals surface area (Å²) in [4.78, 5) is 10.2. The molecule has 2 N–H and O–H groups in total. The Hall–Kier alpha value is -1.56. The molecule has 1 atom stereocenters. The fourth-order valence-electron chi connectivity index (χ4n) is 1.12. The van der Waals surface area contributed by atoms with Gasteiger partial charge in [-0.15, -0.1) is 0 Å². The molecule has 0 aromatic heterocycles. The first-order valence-corrected chi connectivity index (χ1v) is 3.96. The number of hydrogen-bond donors (Lipinski definition) is 2. The van der Waals surface area contributed by atoms with Crippen LogP contribution in [0.5, 0.6) is 0 Å². The molecule has 0 bridgehead atoms. The summed E-state index contributed by atoms with van der Waals surface area (Å²) in [5, 5.41) is 17.4. The van der Waals surface area contributed by atoms with Crippen molar-refractivity contribution in [2.75, 3.05) is 0 Å². The van der Waals surface area contributed by atoms with E-state index in [1.54, 1.807) is 0 Å². The van der Waals surface area contributed by atoms with E-state index < -0.39 is 41.5 Å². The molecule has 0 saturated carbocycles. The molecule has 0 unspecified atom stereocenters. The van der Waals surface area contributed by atoms with Gasteiger partial charge in [0.1, 0.15) is 5.82 Å². The van der Waals surface area contributed by atoms with Crippen LogP contribution in [0, 0.1) is 17.5 Å². The highest BCUT2D eigenvalue weighted by Gasteiger charge is 2.22. The Morgan fingerprint density at radius 2 is 1.80 bits per heavy atom. The first-order valence-electron chi connectivity index (χ1n) is 3.96. The number of benzene rings is 1. The molecule has 0 amide bonds. The standard InChI is InChI=1S/C9H7F3O3/c10-4-1-2-5(11)9(12)8(4)6(13)3-7(14)15/h1-2,6,13H,3H2,(H,14,15)/t6-/m0/s1. The summed E-state index contributed by atoms with van der Waals surface area (Å²) in [6, 6.07) is 1.18. The minimum absolute atomic E-state index is 0.557. The Morgan fingerprint density at radius 3 is 2.33 bits per heavy atom. The van der Waals surface area contributed by atoms with Crippen molar-refractivity contribution in [2.24, 2.45) is 0 Å². The number of aliphatic carboxylic acids is 1. The molecule has 0 saturated heterocycles. The maximum Gasteiger partial charge on any atom is 0.306 e. The van der Waals surface area contributed by atoms with E-state index in [1.165, 1.54) is 0 Å². The number of carboxylic acid groups (broad SMARTS) is 1. The predicted octanol–water partition coefficient (Wildman–Crippen LogP) is 1.61. The van der Waals surface area contributed by atoms with Gasteiger partial charge >= 0.3 is 5.97 Å². The lowest BCUT2D eigenvalue weighted by Gasteiger charge is -2.10. The second-order valence-electron chi connectivity index (χ2n) is 2.87. The minimum Gasteiger partial charge on any atom is -0.481 e. The molecule has 1 rings (SSSR count). The van der Waals surface area contributed by atoms with Crippen LogP contribution in [0.25, 0.3) is 0 Å². The van der Waals surface area contributed by atoms with Crippen LogP contribution in [0.15, 0.2) is 12.1 Å². The van der Waals surface area contributed by atoms with Gasteiger partial charge in [0.2, 0.25) is 0 Å².